The van der Waals surface area contributed by atoms with Crippen molar-refractivity contribution in [1.82, 2.24) is 4.98 Å². The topological polar surface area (TPSA) is 16.1 Å². The molecule has 0 aliphatic heterocycles. The van der Waals surface area contributed by atoms with Crippen LogP contribution in [0.3, 0.4) is 0 Å². The van der Waals surface area contributed by atoms with E-state index in [0.717, 1.165) is 0 Å². The molecule has 0 aliphatic carbocycles. The molecule has 0 radical (unpaired) electrons. The van der Waals surface area contributed by atoms with Crippen LogP contribution in [-0.2, 0) is 0 Å². The lowest BCUT2D eigenvalue weighted by molar-refractivity contribution is 0.608. The molecule has 1 heterocycles. The van der Waals surface area contributed by atoms with E-state index in [-0.39, 0.29) is 0 Å². The number of anilines is 1. The predicted molar refractivity (Wildman–Crippen MR) is 87.2 cm³/mol. The molecule has 2 aromatic rings. The van der Waals surface area contributed by atoms with Gasteiger partial charge in [-0.25, -0.2) is 0 Å². The first-order valence-corrected chi connectivity index (χ1v) is 7.30. The van der Waals surface area contributed by atoms with Gasteiger partial charge in [0.25, 0.3) is 0 Å². The molecule has 2 heteroatoms. The van der Waals surface area contributed by atoms with E-state index < -0.39 is 0 Å². The molecular weight excluding hydrogens is 244 g/mol. The molecule has 0 fully saturated rings. The molecule has 20 heavy (non-hydrogen) atoms. The van der Waals surface area contributed by atoms with Crippen LogP contribution in [0.2, 0.25) is 0 Å². The highest BCUT2D eigenvalue weighted by molar-refractivity contribution is 5.70. The number of pyridine rings is 1. The summed E-state index contributed by atoms with van der Waals surface area (Å²) in [5, 5.41) is 0. The second-order valence-electron chi connectivity index (χ2n) is 5.83. The van der Waals surface area contributed by atoms with E-state index >= 15 is 0 Å². The van der Waals surface area contributed by atoms with E-state index in [0.29, 0.717) is 12.1 Å². The fourth-order valence-corrected chi connectivity index (χ4v) is 2.86. The summed E-state index contributed by atoms with van der Waals surface area (Å²) in [6.07, 6.45) is 3.69. The normalized spacial score (nSPS) is 11.2. The van der Waals surface area contributed by atoms with Gasteiger partial charge >= 0.3 is 0 Å². The van der Waals surface area contributed by atoms with Gasteiger partial charge in [-0.05, 0) is 75.6 Å². The van der Waals surface area contributed by atoms with Crippen molar-refractivity contribution in [3.05, 3.63) is 48.3 Å². The second kappa shape index (κ2) is 6.08. The summed E-state index contributed by atoms with van der Waals surface area (Å²) in [7, 11) is 0. The van der Waals surface area contributed by atoms with Crippen LogP contribution in [0, 0.1) is 6.92 Å². The number of hydrogen-bond acceptors (Lipinski definition) is 2. The Morgan fingerprint density at radius 2 is 1.50 bits per heavy atom. The number of nitrogens with zero attached hydrogens (tertiary/aromatic N) is 2. The lowest BCUT2D eigenvalue weighted by Crippen LogP contribution is -2.36. The minimum atomic E-state index is 0.501. The summed E-state index contributed by atoms with van der Waals surface area (Å²) in [6, 6.07) is 11.9. The molecule has 0 N–H and O–H groups in total. The average Bonchev–Trinajstić information content (AvgIpc) is 2.39. The molecule has 0 bridgehead atoms. The fraction of sp³-hybridized carbons (Fsp3) is 0.389. The van der Waals surface area contributed by atoms with E-state index in [1.165, 1.54) is 22.4 Å². The largest absolute Gasteiger partial charge is 0.367 e. The molecule has 2 rings (SSSR count). The lowest BCUT2D eigenvalue weighted by Gasteiger charge is -2.33. The van der Waals surface area contributed by atoms with Gasteiger partial charge in [-0.1, -0.05) is 6.07 Å². The van der Waals surface area contributed by atoms with Crippen LogP contribution in [0.4, 0.5) is 5.69 Å². The van der Waals surface area contributed by atoms with E-state index in [2.05, 4.69) is 74.8 Å². The van der Waals surface area contributed by atoms with E-state index in [1.54, 1.807) is 0 Å². The Balaban J connectivity index is 2.40. The van der Waals surface area contributed by atoms with Crippen molar-refractivity contribution < 1.29 is 0 Å². The van der Waals surface area contributed by atoms with E-state index in [4.69, 9.17) is 0 Å². The quantitative estimate of drug-likeness (QED) is 0.800. The van der Waals surface area contributed by atoms with Crippen molar-refractivity contribution in [3.63, 3.8) is 0 Å². The summed E-state index contributed by atoms with van der Waals surface area (Å²) in [6.45, 7) is 11.1. The van der Waals surface area contributed by atoms with Gasteiger partial charge in [0, 0.05) is 30.2 Å². The SMILES string of the molecule is Cc1cc(N(C(C)C)C(C)C)ccc1-c1ccncc1. The van der Waals surface area contributed by atoms with Crippen LogP contribution in [0.1, 0.15) is 33.3 Å². The average molecular weight is 268 g/mol. The highest BCUT2D eigenvalue weighted by atomic mass is 15.2. The number of hydrogen-bond donors (Lipinski definition) is 0. The Morgan fingerprint density at radius 3 is 2.00 bits per heavy atom. The van der Waals surface area contributed by atoms with Gasteiger partial charge in [0.05, 0.1) is 0 Å². The van der Waals surface area contributed by atoms with Crippen LogP contribution in [0.5, 0.6) is 0 Å². The Bertz CT molecular complexity index is 551. The lowest BCUT2D eigenvalue weighted by atomic mass is 10.00. The number of rotatable bonds is 4. The Labute approximate surface area is 122 Å². The molecule has 0 amide bonds. The zero-order valence-corrected chi connectivity index (χ0v) is 13.1. The maximum absolute atomic E-state index is 4.08. The van der Waals surface area contributed by atoms with Crippen molar-refractivity contribution in [2.75, 3.05) is 4.90 Å². The summed E-state index contributed by atoms with van der Waals surface area (Å²) >= 11 is 0. The zero-order valence-electron chi connectivity index (χ0n) is 13.1. The van der Waals surface area contributed by atoms with Gasteiger partial charge in [-0.15, -0.1) is 0 Å². The molecule has 0 aliphatic rings. The second-order valence-corrected chi connectivity index (χ2v) is 5.83. The monoisotopic (exact) mass is 268 g/mol. The van der Waals surface area contributed by atoms with Crippen LogP contribution in [-0.4, -0.2) is 17.1 Å². The third-order valence-corrected chi connectivity index (χ3v) is 3.61. The smallest absolute Gasteiger partial charge is 0.0373 e. The van der Waals surface area contributed by atoms with Gasteiger partial charge in [0.1, 0.15) is 0 Å². The van der Waals surface area contributed by atoms with E-state index in [1.807, 2.05) is 12.4 Å². The standard InChI is InChI=1S/C18H24N2/c1-13(2)20(14(3)4)17-6-7-18(15(5)12-17)16-8-10-19-11-9-16/h6-14H,1-5H3. The molecule has 106 valence electrons. The van der Waals surface area contributed by atoms with Crippen molar-refractivity contribution in [2.45, 2.75) is 46.7 Å². The highest BCUT2D eigenvalue weighted by Gasteiger charge is 2.15. The third kappa shape index (κ3) is 3.01. The summed E-state index contributed by atoms with van der Waals surface area (Å²) in [5.74, 6) is 0. The molecule has 0 saturated heterocycles. The summed E-state index contributed by atoms with van der Waals surface area (Å²) < 4.78 is 0. The highest BCUT2D eigenvalue weighted by Crippen LogP contribution is 2.28. The first-order valence-electron chi connectivity index (χ1n) is 7.30. The first kappa shape index (κ1) is 14.6. The van der Waals surface area contributed by atoms with Gasteiger partial charge in [-0.2, -0.15) is 0 Å². The molecule has 0 atom stereocenters. The van der Waals surface area contributed by atoms with E-state index in [9.17, 15) is 0 Å². The Hall–Kier alpha value is -1.83. The number of aryl methyl sites for hydroxylation is 1. The molecule has 0 saturated carbocycles. The van der Waals surface area contributed by atoms with Crippen LogP contribution < -0.4 is 4.90 Å². The van der Waals surface area contributed by atoms with Gasteiger partial charge < -0.3 is 4.90 Å². The van der Waals surface area contributed by atoms with Crippen LogP contribution in [0.25, 0.3) is 11.1 Å². The molecule has 2 nitrogen and oxygen atoms in total. The summed E-state index contributed by atoms with van der Waals surface area (Å²) in [4.78, 5) is 6.53. The van der Waals surface area contributed by atoms with Crippen LogP contribution >= 0.6 is 0 Å². The molecule has 1 aromatic carbocycles. The van der Waals surface area contributed by atoms with Crippen molar-refractivity contribution >= 4 is 5.69 Å². The maximum atomic E-state index is 4.08. The summed E-state index contributed by atoms with van der Waals surface area (Å²) in [5.41, 5.74) is 5.11. The number of benzene rings is 1. The predicted octanol–water partition coefficient (Wildman–Crippen LogP) is 4.68. The molecule has 0 unspecified atom stereocenters. The minimum absolute atomic E-state index is 0.501. The number of aromatic nitrogens is 1. The van der Waals surface area contributed by atoms with Gasteiger partial charge in [0.15, 0.2) is 0 Å². The molecule has 0 spiro atoms. The van der Waals surface area contributed by atoms with Crippen LogP contribution in [0.15, 0.2) is 42.7 Å². The third-order valence-electron chi connectivity index (χ3n) is 3.61. The van der Waals surface area contributed by atoms with Gasteiger partial charge in [-0.3, -0.25) is 4.98 Å². The minimum Gasteiger partial charge on any atom is -0.367 e. The van der Waals surface area contributed by atoms with Gasteiger partial charge in [0.2, 0.25) is 0 Å². The first-order chi connectivity index (χ1) is 9.50. The maximum Gasteiger partial charge on any atom is 0.0373 e. The Morgan fingerprint density at radius 1 is 0.900 bits per heavy atom. The zero-order chi connectivity index (χ0) is 14.7. The molecular formula is C18H24N2. The molecule has 1 aromatic heterocycles. The fourth-order valence-electron chi connectivity index (χ4n) is 2.86. The van der Waals surface area contributed by atoms with Crippen molar-refractivity contribution in [3.8, 4) is 11.1 Å². The van der Waals surface area contributed by atoms with Crippen molar-refractivity contribution in [1.29, 1.82) is 0 Å². The van der Waals surface area contributed by atoms with Crippen molar-refractivity contribution in [2.24, 2.45) is 0 Å². The Kier molecular flexibility index (Phi) is 4.43.